The zero-order chi connectivity index (χ0) is 12.2. The van der Waals surface area contributed by atoms with Crippen molar-refractivity contribution in [3.63, 3.8) is 0 Å². The first kappa shape index (κ1) is 12.7. The van der Waals surface area contributed by atoms with E-state index in [9.17, 15) is 17.6 Å². The van der Waals surface area contributed by atoms with Crippen LogP contribution in [0.1, 0.15) is 17.5 Å². The maximum Gasteiger partial charge on any atom is 0.416 e. The van der Waals surface area contributed by atoms with E-state index in [0.29, 0.717) is 13.0 Å². The molecule has 0 aliphatic carbocycles. The van der Waals surface area contributed by atoms with Gasteiger partial charge in [-0.1, -0.05) is 6.07 Å². The fraction of sp³-hybridized carbons (Fsp3) is 0.364. The van der Waals surface area contributed by atoms with Crippen LogP contribution in [0, 0.1) is 5.82 Å². The second kappa shape index (κ2) is 5.09. The Morgan fingerprint density at radius 2 is 1.94 bits per heavy atom. The van der Waals surface area contributed by atoms with Crippen molar-refractivity contribution in [1.82, 2.24) is 0 Å². The Labute approximate surface area is 90.8 Å². The fourth-order valence-corrected chi connectivity index (χ4v) is 1.45. The molecule has 0 unspecified atom stereocenters. The number of aliphatic imine (C=N–C) groups is 1. The molecule has 0 radical (unpaired) electrons. The van der Waals surface area contributed by atoms with E-state index in [4.69, 9.17) is 0 Å². The van der Waals surface area contributed by atoms with Crippen molar-refractivity contribution >= 4 is 6.72 Å². The van der Waals surface area contributed by atoms with Crippen LogP contribution in [0.4, 0.5) is 17.6 Å². The fourth-order valence-electron chi connectivity index (χ4n) is 1.45. The maximum absolute atomic E-state index is 13.3. The van der Waals surface area contributed by atoms with Crippen molar-refractivity contribution < 1.29 is 17.6 Å². The molecule has 1 nitrogen and oxygen atoms in total. The monoisotopic (exact) mass is 233 g/mol. The summed E-state index contributed by atoms with van der Waals surface area (Å²) in [6.45, 7) is 3.54. The molecular formula is C11H11F4N. The van der Waals surface area contributed by atoms with E-state index in [-0.39, 0.29) is 12.0 Å². The maximum atomic E-state index is 13.3. The third-order valence-corrected chi connectivity index (χ3v) is 2.17. The van der Waals surface area contributed by atoms with Gasteiger partial charge in [-0.2, -0.15) is 13.2 Å². The third-order valence-electron chi connectivity index (χ3n) is 2.17. The van der Waals surface area contributed by atoms with Crippen LogP contribution in [0.25, 0.3) is 0 Å². The Hall–Kier alpha value is -1.39. The Morgan fingerprint density at radius 1 is 1.25 bits per heavy atom. The van der Waals surface area contributed by atoms with Crippen LogP contribution in [0.2, 0.25) is 0 Å². The summed E-state index contributed by atoms with van der Waals surface area (Å²) in [4.78, 5) is 3.52. The number of hydrogen-bond acceptors (Lipinski definition) is 1. The first-order chi connectivity index (χ1) is 7.46. The van der Waals surface area contributed by atoms with E-state index in [0.717, 1.165) is 18.2 Å². The SMILES string of the molecule is C=NCCCc1c(F)cccc1C(F)(F)F. The van der Waals surface area contributed by atoms with Crippen molar-refractivity contribution in [3.05, 3.63) is 35.1 Å². The van der Waals surface area contributed by atoms with Gasteiger partial charge in [-0.15, -0.1) is 0 Å². The highest BCUT2D eigenvalue weighted by Gasteiger charge is 2.33. The number of halogens is 4. The van der Waals surface area contributed by atoms with Crippen LogP contribution in [-0.2, 0) is 12.6 Å². The highest BCUT2D eigenvalue weighted by atomic mass is 19.4. The second-order valence-corrected chi connectivity index (χ2v) is 3.31. The molecule has 0 saturated carbocycles. The first-order valence-corrected chi connectivity index (χ1v) is 4.74. The van der Waals surface area contributed by atoms with E-state index in [1.165, 1.54) is 0 Å². The predicted octanol–water partition coefficient (Wildman–Crippen LogP) is 3.48. The summed E-state index contributed by atoms with van der Waals surface area (Å²) in [5.74, 6) is -0.820. The van der Waals surface area contributed by atoms with Gasteiger partial charge in [-0.3, -0.25) is 0 Å². The largest absolute Gasteiger partial charge is 0.416 e. The molecule has 88 valence electrons. The molecule has 16 heavy (non-hydrogen) atoms. The summed E-state index contributed by atoms with van der Waals surface area (Å²) in [6.07, 6.45) is -4.15. The van der Waals surface area contributed by atoms with Crippen molar-refractivity contribution in [2.24, 2.45) is 4.99 Å². The molecule has 1 rings (SSSR count). The molecule has 0 aliphatic rings. The lowest BCUT2D eigenvalue weighted by atomic mass is 10.0. The summed E-state index contributed by atoms with van der Waals surface area (Å²) < 4.78 is 50.9. The van der Waals surface area contributed by atoms with Crippen molar-refractivity contribution in [2.75, 3.05) is 6.54 Å². The van der Waals surface area contributed by atoms with Crippen LogP contribution in [0.15, 0.2) is 23.2 Å². The highest BCUT2D eigenvalue weighted by Crippen LogP contribution is 2.33. The van der Waals surface area contributed by atoms with E-state index in [2.05, 4.69) is 11.7 Å². The molecule has 0 aromatic heterocycles. The van der Waals surface area contributed by atoms with Crippen LogP contribution in [0.5, 0.6) is 0 Å². The molecule has 1 aromatic rings. The average molecular weight is 233 g/mol. The van der Waals surface area contributed by atoms with Gasteiger partial charge in [0.05, 0.1) is 5.56 Å². The van der Waals surface area contributed by atoms with Crippen LogP contribution in [-0.4, -0.2) is 13.3 Å². The number of nitrogens with zero attached hydrogens (tertiary/aromatic N) is 1. The minimum atomic E-state index is -4.51. The van der Waals surface area contributed by atoms with Gasteiger partial charge in [0.15, 0.2) is 0 Å². The summed E-state index contributed by atoms with van der Waals surface area (Å²) in [5, 5.41) is 0. The van der Waals surface area contributed by atoms with Gasteiger partial charge in [0, 0.05) is 12.1 Å². The molecule has 5 heteroatoms. The first-order valence-electron chi connectivity index (χ1n) is 4.74. The Kier molecular flexibility index (Phi) is 4.04. The quantitative estimate of drug-likeness (QED) is 0.429. The van der Waals surface area contributed by atoms with Crippen LogP contribution >= 0.6 is 0 Å². The molecule has 0 N–H and O–H groups in total. The minimum absolute atomic E-state index is 0.0144. The van der Waals surface area contributed by atoms with Gasteiger partial charge in [0.2, 0.25) is 0 Å². The third kappa shape index (κ3) is 3.05. The zero-order valence-electron chi connectivity index (χ0n) is 8.52. The van der Waals surface area contributed by atoms with Gasteiger partial charge in [0.25, 0.3) is 0 Å². The van der Waals surface area contributed by atoms with E-state index < -0.39 is 17.6 Å². The molecule has 0 spiro atoms. The zero-order valence-corrected chi connectivity index (χ0v) is 8.52. The molecule has 0 aliphatic heterocycles. The summed E-state index contributed by atoms with van der Waals surface area (Å²) >= 11 is 0. The van der Waals surface area contributed by atoms with Gasteiger partial charge in [0.1, 0.15) is 5.82 Å². The Balaban J connectivity index is 2.99. The minimum Gasteiger partial charge on any atom is -0.301 e. The van der Waals surface area contributed by atoms with Crippen molar-refractivity contribution in [3.8, 4) is 0 Å². The van der Waals surface area contributed by atoms with Gasteiger partial charge in [-0.05, 0) is 31.7 Å². The Bertz CT molecular complexity index is 371. The van der Waals surface area contributed by atoms with Gasteiger partial charge in [-0.25, -0.2) is 4.39 Å². The lowest BCUT2D eigenvalue weighted by Gasteiger charge is -2.12. The van der Waals surface area contributed by atoms with E-state index in [1.807, 2.05) is 0 Å². The molecular weight excluding hydrogens is 222 g/mol. The normalized spacial score (nSPS) is 11.5. The highest BCUT2D eigenvalue weighted by molar-refractivity contribution is 5.31. The van der Waals surface area contributed by atoms with Gasteiger partial charge >= 0.3 is 6.18 Å². The summed E-state index contributed by atoms with van der Waals surface area (Å²) in [5.41, 5.74) is -1.20. The molecule has 0 amide bonds. The molecule has 0 fully saturated rings. The number of rotatable bonds is 4. The van der Waals surface area contributed by atoms with E-state index in [1.54, 1.807) is 0 Å². The smallest absolute Gasteiger partial charge is 0.301 e. The Morgan fingerprint density at radius 3 is 2.50 bits per heavy atom. The topological polar surface area (TPSA) is 12.4 Å². The summed E-state index contributed by atoms with van der Waals surface area (Å²) in [6, 6.07) is 2.99. The average Bonchev–Trinajstić information content (AvgIpc) is 2.19. The van der Waals surface area contributed by atoms with Crippen LogP contribution in [0.3, 0.4) is 0 Å². The standard InChI is InChI=1S/C11H11F4N/c1-16-7-3-4-8-9(11(13,14)15)5-2-6-10(8)12/h2,5-6H,1,3-4,7H2. The number of benzene rings is 1. The predicted molar refractivity (Wildman–Crippen MR) is 54.1 cm³/mol. The van der Waals surface area contributed by atoms with Crippen molar-refractivity contribution in [2.45, 2.75) is 19.0 Å². The van der Waals surface area contributed by atoms with E-state index >= 15 is 0 Å². The molecule has 0 saturated heterocycles. The number of hydrogen-bond donors (Lipinski definition) is 0. The molecule has 0 heterocycles. The lowest BCUT2D eigenvalue weighted by Crippen LogP contribution is -2.11. The van der Waals surface area contributed by atoms with Crippen LogP contribution < -0.4 is 0 Å². The molecule has 0 bridgehead atoms. The molecule has 0 atom stereocenters. The molecule has 1 aromatic carbocycles. The second-order valence-electron chi connectivity index (χ2n) is 3.31. The van der Waals surface area contributed by atoms with Crippen molar-refractivity contribution in [1.29, 1.82) is 0 Å². The summed E-state index contributed by atoms with van der Waals surface area (Å²) in [7, 11) is 0. The lowest BCUT2D eigenvalue weighted by molar-refractivity contribution is -0.138. The number of alkyl halides is 3. The van der Waals surface area contributed by atoms with Gasteiger partial charge < -0.3 is 4.99 Å².